The topological polar surface area (TPSA) is 3.24 Å². The number of hydrogen-bond acceptors (Lipinski definition) is 2. The number of nitrogens with zero attached hydrogens (tertiary/aromatic N) is 1. The molecule has 2 aromatic rings. The monoisotopic (exact) mass is 283 g/mol. The molecular weight excluding hydrogens is 262 g/mol. The lowest BCUT2D eigenvalue weighted by Gasteiger charge is -2.32. The molecule has 1 nitrogen and oxygen atoms in total. The van der Waals surface area contributed by atoms with Gasteiger partial charge in [-0.3, -0.25) is 0 Å². The van der Waals surface area contributed by atoms with Crippen molar-refractivity contribution in [1.82, 2.24) is 0 Å². The molecule has 1 aliphatic heterocycles. The average Bonchev–Trinajstić information content (AvgIpc) is 2.50. The molecule has 2 aromatic carbocycles. The Morgan fingerprint density at radius 2 is 1.45 bits per heavy atom. The van der Waals surface area contributed by atoms with Crippen LogP contribution in [0.2, 0.25) is 0 Å². The van der Waals surface area contributed by atoms with Crippen LogP contribution >= 0.6 is 11.8 Å². The van der Waals surface area contributed by atoms with E-state index in [4.69, 9.17) is 0 Å². The second-order valence-corrected chi connectivity index (χ2v) is 6.73. The highest BCUT2D eigenvalue weighted by Gasteiger charge is 2.15. The van der Waals surface area contributed by atoms with Crippen molar-refractivity contribution in [3.8, 4) is 0 Å². The van der Waals surface area contributed by atoms with E-state index in [1.54, 1.807) is 0 Å². The lowest BCUT2D eigenvalue weighted by atomic mass is 9.99. The molecule has 0 aromatic heterocycles. The van der Waals surface area contributed by atoms with Gasteiger partial charge >= 0.3 is 0 Å². The van der Waals surface area contributed by atoms with E-state index in [1.807, 2.05) is 11.8 Å². The lowest BCUT2D eigenvalue weighted by molar-refractivity contribution is 0.438. The summed E-state index contributed by atoms with van der Waals surface area (Å²) in [4.78, 5) is 5.12. The Bertz CT molecular complexity index is 527. The van der Waals surface area contributed by atoms with Crippen LogP contribution < -0.4 is 4.90 Å². The normalized spacial score (nSPS) is 16.4. The highest BCUT2D eigenvalue weighted by atomic mass is 32.2. The predicted molar refractivity (Wildman–Crippen MR) is 87.6 cm³/mol. The van der Waals surface area contributed by atoms with Crippen LogP contribution in [0, 0.1) is 5.92 Å². The Hall–Kier alpha value is -1.41. The third-order valence-corrected chi connectivity index (χ3v) is 4.98. The van der Waals surface area contributed by atoms with Crippen LogP contribution in [0.15, 0.2) is 64.4 Å². The van der Waals surface area contributed by atoms with Crippen molar-refractivity contribution in [3.63, 3.8) is 0 Å². The van der Waals surface area contributed by atoms with E-state index in [2.05, 4.69) is 66.4 Å². The summed E-state index contributed by atoms with van der Waals surface area (Å²) in [5.74, 6) is 0.888. The summed E-state index contributed by atoms with van der Waals surface area (Å²) in [5, 5.41) is 0. The van der Waals surface area contributed by atoms with Gasteiger partial charge in [0.15, 0.2) is 0 Å². The van der Waals surface area contributed by atoms with Crippen molar-refractivity contribution < 1.29 is 0 Å². The minimum absolute atomic E-state index is 0.888. The van der Waals surface area contributed by atoms with Crippen molar-refractivity contribution in [2.24, 2.45) is 5.92 Å². The fourth-order valence-electron chi connectivity index (χ4n) is 2.62. The molecule has 0 saturated carbocycles. The van der Waals surface area contributed by atoms with E-state index in [-0.39, 0.29) is 0 Å². The van der Waals surface area contributed by atoms with Crippen molar-refractivity contribution in [2.75, 3.05) is 18.0 Å². The Morgan fingerprint density at radius 3 is 2.10 bits per heavy atom. The molecule has 0 spiro atoms. The van der Waals surface area contributed by atoms with Gasteiger partial charge in [0.1, 0.15) is 0 Å². The maximum Gasteiger partial charge on any atom is 0.0366 e. The molecule has 1 saturated heterocycles. The van der Waals surface area contributed by atoms with Crippen LogP contribution in [-0.2, 0) is 0 Å². The molecule has 0 amide bonds. The second-order valence-electron chi connectivity index (χ2n) is 5.58. The minimum atomic E-state index is 0.888. The fourth-order valence-corrected chi connectivity index (χ4v) is 3.45. The maximum absolute atomic E-state index is 2.51. The maximum atomic E-state index is 2.51. The smallest absolute Gasteiger partial charge is 0.0366 e. The Kier molecular flexibility index (Phi) is 4.31. The van der Waals surface area contributed by atoms with Crippen molar-refractivity contribution in [1.29, 1.82) is 0 Å². The van der Waals surface area contributed by atoms with Crippen LogP contribution in [0.25, 0.3) is 0 Å². The number of rotatable bonds is 3. The first kappa shape index (κ1) is 13.6. The van der Waals surface area contributed by atoms with Crippen LogP contribution in [0.5, 0.6) is 0 Å². The zero-order chi connectivity index (χ0) is 13.8. The molecule has 3 rings (SSSR count). The first-order chi connectivity index (χ1) is 9.81. The molecule has 1 aliphatic rings. The van der Waals surface area contributed by atoms with Gasteiger partial charge in [-0.2, -0.15) is 0 Å². The van der Waals surface area contributed by atoms with E-state index >= 15 is 0 Å². The molecule has 0 unspecified atom stereocenters. The van der Waals surface area contributed by atoms with Crippen molar-refractivity contribution in [2.45, 2.75) is 29.6 Å². The Balaban J connectivity index is 1.65. The average molecular weight is 283 g/mol. The van der Waals surface area contributed by atoms with Crippen LogP contribution in [0.1, 0.15) is 19.8 Å². The highest BCUT2D eigenvalue weighted by Crippen LogP contribution is 2.30. The third-order valence-electron chi connectivity index (χ3n) is 3.96. The summed E-state index contributed by atoms with van der Waals surface area (Å²) >= 11 is 1.82. The summed E-state index contributed by atoms with van der Waals surface area (Å²) in [6, 6.07) is 19.6. The van der Waals surface area contributed by atoms with E-state index in [9.17, 15) is 0 Å². The molecule has 20 heavy (non-hydrogen) atoms. The van der Waals surface area contributed by atoms with Gasteiger partial charge in [-0.25, -0.2) is 0 Å². The summed E-state index contributed by atoms with van der Waals surface area (Å²) in [6.45, 7) is 4.76. The summed E-state index contributed by atoms with van der Waals surface area (Å²) in [6.07, 6.45) is 2.64. The van der Waals surface area contributed by atoms with Gasteiger partial charge in [0.05, 0.1) is 0 Å². The van der Waals surface area contributed by atoms with E-state index in [1.165, 1.54) is 41.4 Å². The minimum Gasteiger partial charge on any atom is -0.372 e. The van der Waals surface area contributed by atoms with Crippen molar-refractivity contribution in [3.05, 3.63) is 54.6 Å². The number of benzene rings is 2. The molecule has 2 heteroatoms. The molecule has 0 radical (unpaired) electrons. The number of hydrogen-bond donors (Lipinski definition) is 0. The van der Waals surface area contributed by atoms with Crippen molar-refractivity contribution >= 4 is 17.4 Å². The SMILES string of the molecule is CC1CCN(c2ccc(Sc3ccccc3)cc2)CC1. The van der Waals surface area contributed by atoms with Gasteiger partial charge in [-0.15, -0.1) is 0 Å². The Labute approximate surface area is 126 Å². The molecule has 1 fully saturated rings. The van der Waals surface area contributed by atoms with Gasteiger partial charge < -0.3 is 4.90 Å². The molecule has 0 bridgehead atoms. The summed E-state index contributed by atoms with van der Waals surface area (Å²) < 4.78 is 0. The van der Waals surface area contributed by atoms with Gasteiger partial charge in [-0.1, -0.05) is 36.9 Å². The van der Waals surface area contributed by atoms with Gasteiger partial charge in [0, 0.05) is 28.6 Å². The number of anilines is 1. The zero-order valence-electron chi connectivity index (χ0n) is 12.0. The van der Waals surface area contributed by atoms with E-state index < -0.39 is 0 Å². The third kappa shape index (κ3) is 3.37. The van der Waals surface area contributed by atoms with Gasteiger partial charge in [0.2, 0.25) is 0 Å². The molecular formula is C18H21NS. The lowest BCUT2D eigenvalue weighted by Crippen LogP contribution is -2.32. The molecule has 0 N–H and O–H groups in total. The molecule has 1 heterocycles. The Morgan fingerprint density at radius 1 is 0.850 bits per heavy atom. The highest BCUT2D eigenvalue weighted by molar-refractivity contribution is 7.99. The zero-order valence-corrected chi connectivity index (χ0v) is 12.8. The predicted octanol–water partition coefficient (Wildman–Crippen LogP) is 5.07. The van der Waals surface area contributed by atoms with Crippen LogP contribution in [-0.4, -0.2) is 13.1 Å². The quantitative estimate of drug-likeness (QED) is 0.773. The first-order valence-corrected chi connectivity index (χ1v) is 8.21. The van der Waals surface area contributed by atoms with E-state index in [0.29, 0.717) is 0 Å². The molecule has 0 atom stereocenters. The second kappa shape index (κ2) is 6.36. The fraction of sp³-hybridized carbons (Fsp3) is 0.333. The van der Waals surface area contributed by atoms with Crippen LogP contribution in [0.3, 0.4) is 0 Å². The summed E-state index contributed by atoms with van der Waals surface area (Å²) in [7, 11) is 0. The van der Waals surface area contributed by atoms with Crippen LogP contribution in [0.4, 0.5) is 5.69 Å². The van der Waals surface area contributed by atoms with Gasteiger partial charge in [0.25, 0.3) is 0 Å². The first-order valence-electron chi connectivity index (χ1n) is 7.39. The standard InChI is InChI=1S/C18H21NS/c1-15-11-13-19(14-12-15)16-7-9-18(10-8-16)20-17-5-3-2-4-6-17/h2-10,15H,11-14H2,1H3. The molecule has 104 valence electrons. The summed E-state index contributed by atoms with van der Waals surface area (Å²) in [5.41, 5.74) is 1.37. The number of piperidine rings is 1. The van der Waals surface area contributed by atoms with E-state index in [0.717, 1.165) is 5.92 Å². The largest absolute Gasteiger partial charge is 0.372 e. The van der Waals surface area contributed by atoms with Gasteiger partial charge in [-0.05, 0) is 55.2 Å². The molecule has 0 aliphatic carbocycles.